The standard InChI is InChI=1S/C15H11BrCl2O/c16-13-6-10(3-4-14(13)17)15(18)9-1-2-11-7-19-8-12(11)5-9/h1-6,15H,7-8H2. The summed E-state index contributed by atoms with van der Waals surface area (Å²) < 4.78 is 6.28. The summed E-state index contributed by atoms with van der Waals surface area (Å²) in [7, 11) is 0. The summed E-state index contributed by atoms with van der Waals surface area (Å²) in [6.07, 6.45) is 0. The van der Waals surface area contributed by atoms with E-state index in [0.29, 0.717) is 18.2 Å². The van der Waals surface area contributed by atoms with E-state index in [1.165, 1.54) is 11.1 Å². The van der Waals surface area contributed by atoms with E-state index in [2.05, 4.69) is 34.1 Å². The van der Waals surface area contributed by atoms with Gasteiger partial charge in [0, 0.05) is 4.47 Å². The van der Waals surface area contributed by atoms with Crippen LogP contribution in [-0.4, -0.2) is 0 Å². The molecule has 0 aromatic heterocycles. The predicted octanol–water partition coefficient (Wildman–Crippen LogP) is 5.46. The summed E-state index contributed by atoms with van der Waals surface area (Å²) in [5, 5.41) is 0.509. The molecule has 0 fully saturated rings. The third-order valence-electron chi connectivity index (χ3n) is 3.27. The van der Waals surface area contributed by atoms with Crippen molar-refractivity contribution < 1.29 is 4.74 Å². The van der Waals surface area contributed by atoms with Gasteiger partial charge in [-0.05, 0) is 50.3 Å². The second kappa shape index (κ2) is 5.45. The number of halogens is 3. The molecule has 1 nitrogen and oxygen atoms in total. The van der Waals surface area contributed by atoms with Gasteiger partial charge in [-0.1, -0.05) is 35.9 Å². The third kappa shape index (κ3) is 2.68. The Morgan fingerprint density at radius 2 is 1.68 bits per heavy atom. The Balaban J connectivity index is 1.94. The molecule has 0 aliphatic carbocycles. The Morgan fingerprint density at radius 3 is 2.47 bits per heavy atom. The van der Waals surface area contributed by atoms with E-state index in [1.54, 1.807) is 0 Å². The van der Waals surface area contributed by atoms with E-state index in [1.807, 2.05) is 18.2 Å². The smallest absolute Gasteiger partial charge is 0.0835 e. The minimum absolute atomic E-state index is 0.181. The van der Waals surface area contributed by atoms with Crippen LogP contribution in [0.15, 0.2) is 40.9 Å². The highest BCUT2D eigenvalue weighted by atomic mass is 79.9. The molecule has 0 bridgehead atoms. The molecule has 3 rings (SSSR count). The summed E-state index contributed by atoms with van der Waals surface area (Å²) in [5.74, 6) is 0. The van der Waals surface area contributed by atoms with Gasteiger partial charge >= 0.3 is 0 Å². The maximum Gasteiger partial charge on any atom is 0.0835 e. The molecular formula is C15H11BrCl2O. The van der Waals surface area contributed by atoms with Crippen LogP contribution in [0.4, 0.5) is 0 Å². The van der Waals surface area contributed by atoms with Crippen molar-refractivity contribution >= 4 is 39.1 Å². The van der Waals surface area contributed by atoms with Crippen molar-refractivity contribution in [3.63, 3.8) is 0 Å². The molecule has 0 saturated heterocycles. The molecule has 0 spiro atoms. The van der Waals surface area contributed by atoms with Crippen molar-refractivity contribution in [3.8, 4) is 0 Å². The number of rotatable bonds is 2. The predicted molar refractivity (Wildman–Crippen MR) is 81.8 cm³/mol. The molecule has 1 aliphatic heterocycles. The van der Waals surface area contributed by atoms with Gasteiger partial charge < -0.3 is 4.74 Å². The van der Waals surface area contributed by atoms with Gasteiger partial charge in [0.1, 0.15) is 0 Å². The van der Waals surface area contributed by atoms with E-state index in [-0.39, 0.29) is 5.38 Å². The number of alkyl halides is 1. The lowest BCUT2D eigenvalue weighted by molar-refractivity contribution is 0.134. The van der Waals surface area contributed by atoms with Gasteiger partial charge in [0.25, 0.3) is 0 Å². The first-order chi connectivity index (χ1) is 9.15. The number of fused-ring (bicyclic) bond motifs is 1. The van der Waals surface area contributed by atoms with Crippen molar-refractivity contribution in [2.24, 2.45) is 0 Å². The number of benzene rings is 2. The van der Waals surface area contributed by atoms with Crippen LogP contribution in [-0.2, 0) is 18.0 Å². The van der Waals surface area contributed by atoms with Gasteiger partial charge in [-0.2, -0.15) is 0 Å². The second-order valence-electron chi connectivity index (χ2n) is 4.56. The van der Waals surface area contributed by atoms with Gasteiger partial charge in [-0.15, -0.1) is 11.6 Å². The molecule has 98 valence electrons. The van der Waals surface area contributed by atoms with Crippen LogP contribution in [0.2, 0.25) is 5.02 Å². The molecule has 1 atom stereocenters. The summed E-state index contributed by atoms with van der Waals surface area (Å²) in [6, 6.07) is 12.1. The van der Waals surface area contributed by atoms with Gasteiger partial charge in [-0.3, -0.25) is 0 Å². The third-order valence-corrected chi connectivity index (χ3v) is 4.99. The molecule has 2 aromatic carbocycles. The number of hydrogen-bond donors (Lipinski definition) is 0. The Labute approximate surface area is 130 Å². The summed E-state index contributed by atoms with van der Waals surface area (Å²) in [4.78, 5) is 0. The molecule has 1 unspecified atom stereocenters. The van der Waals surface area contributed by atoms with Crippen LogP contribution in [0.1, 0.15) is 27.6 Å². The molecule has 0 N–H and O–H groups in total. The first-order valence-corrected chi connectivity index (χ1v) is 7.54. The topological polar surface area (TPSA) is 9.23 Å². The zero-order valence-electron chi connectivity index (χ0n) is 10.00. The SMILES string of the molecule is Clc1ccc(C(Cl)c2ccc3c(c2)COC3)cc1Br. The minimum Gasteiger partial charge on any atom is -0.372 e. The molecule has 0 radical (unpaired) electrons. The van der Waals surface area contributed by atoms with Gasteiger partial charge in [0.05, 0.1) is 23.6 Å². The number of hydrogen-bond acceptors (Lipinski definition) is 1. The molecule has 0 saturated carbocycles. The summed E-state index contributed by atoms with van der Waals surface area (Å²) >= 11 is 16.0. The van der Waals surface area contributed by atoms with Gasteiger partial charge in [0.2, 0.25) is 0 Å². The average molecular weight is 358 g/mol. The highest BCUT2D eigenvalue weighted by Gasteiger charge is 2.16. The van der Waals surface area contributed by atoms with E-state index < -0.39 is 0 Å². The monoisotopic (exact) mass is 356 g/mol. The Kier molecular flexibility index (Phi) is 3.86. The molecule has 4 heteroatoms. The second-order valence-corrected chi connectivity index (χ2v) is 6.26. The highest BCUT2D eigenvalue weighted by Crippen LogP contribution is 2.34. The van der Waals surface area contributed by atoms with Crippen LogP contribution < -0.4 is 0 Å². The quantitative estimate of drug-likeness (QED) is 0.648. The molecule has 1 aliphatic rings. The van der Waals surface area contributed by atoms with E-state index in [0.717, 1.165) is 15.6 Å². The van der Waals surface area contributed by atoms with Crippen molar-refractivity contribution in [2.45, 2.75) is 18.6 Å². The van der Waals surface area contributed by atoms with Crippen LogP contribution in [0.3, 0.4) is 0 Å². The van der Waals surface area contributed by atoms with Crippen molar-refractivity contribution in [1.29, 1.82) is 0 Å². The Bertz CT molecular complexity index is 628. The van der Waals surface area contributed by atoms with Crippen molar-refractivity contribution in [1.82, 2.24) is 0 Å². The summed E-state index contributed by atoms with van der Waals surface area (Å²) in [5.41, 5.74) is 4.60. The fourth-order valence-electron chi connectivity index (χ4n) is 2.21. The fourth-order valence-corrected chi connectivity index (χ4v) is 3.00. The van der Waals surface area contributed by atoms with Gasteiger partial charge in [-0.25, -0.2) is 0 Å². The van der Waals surface area contributed by atoms with Crippen LogP contribution in [0.25, 0.3) is 0 Å². The van der Waals surface area contributed by atoms with E-state index in [9.17, 15) is 0 Å². The summed E-state index contributed by atoms with van der Waals surface area (Å²) in [6.45, 7) is 1.38. The first kappa shape index (κ1) is 13.4. The number of ether oxygens (including phenoxy) is 1. The lowest BCUT2D eigenvalue weighted by Gasteiger charge is -2.12. The zero-order valence-corrected chi connectivity index (χ0v) is 13.1. The van der Waals surface area contributed by atoms with E-state index >= 15 is 0 Å². The molecular weight excluding hydrogens is 347 g/mol. The van der Waals surface area contributed by atoms with Crippen molar-refractivity contribution in [3.05, 3.63) is 68.1 Å². The average Bonchev–Trinajstić information content (AvgIpc) is 2.88. The molecule has 2 aromatic rings. The van der Waals surface area contributed by atoms with Crippen molar-refractivity contribution in [2.75, 3.05) is 0 Å². The maximum atomic E-state index is 6.55. The first-order valence-electron chi connectivity index (χ1n) is 5.93. The minimum atomic E-state index is -0.181. The largest absolute Gasteiger partial charge is 0.372 e. The maximum absolute atomic E-state index is 6.55. The Morgan fingerprint density at radius 1 is 1.00 bits per heavy atom. The molecule has 19 heavy (non-hydrogen) atoms. The van der Waals surface area contributed by atoms with Crippen LogP contribution in [0, 0.1) is 0 Å². The zero-order chi connectivity index (χ0) is 13.4. The fraction of sp³-hybridized carbons (Fsp3) is 0.200. The van der Waals surface area contributed by atoms with Crippen LogP contribution >= 0.6 is 39.1 Å². The van der Waals surface area contributed by atoms with E-state index in [4.69, 9.17) is 27.9 Å². The van der Waals surface area contributed by atoms with Crippen LogP contribution in [0.5, 0.6) is 0 Å². The Hall–Kier alpha value is -0.540. The normalized spacial score (nSPS) is 15.3. The lowest BCUT2D eigenvalue weighted by Crippen LogP contribution is -1.95. The molecule has 0 amide bonds. The highest BCUT2D eigenvalue weighted by molar-refractivity contribution is 9.10. The molecule has 1 heterocycles. The lowest BCUT2D eigenvalue weighted by atomic mass is 10.00. The van der Waals surface area contributed by atoms with Gasteiger partial charge in [0.15, 0.2) is 0 Å².